The molecule has 0 bridgehead atoms. The Balaban J connectivity index is 0.00000162. The number of phenols is 1. The second kappa shape index (κ2) is 6.92. The fraction of sp³-hybridized carbons (Fsp3) is 0.538. The molecule has 3 nitrogen and oxygen atoms in total. The summed E-state index contributed by atoms with van der Waals surface area (Å²) in [6, 6.07) is 5.12. The highest BCUT2D eigenvalue weighted by Crippen LogP contribution is 2.30. The smallest absolute Gasteiger partial charge is 0.120 e. The first kappa shape index (κ1) is 15.2. The summed E-state index contributed by atoms with van der Waals surface area (Å²) in [6.45, 7) is 4.85. The molecule has 1 aliphatic heterocycles. The SMILES string of the molecule is Cc1ccc([C@@H](CF)N2CCNCC2)c(O)c1.Cl. The van der Waals surface area contributed by atoms with E-state index >= 15 is 0 Å². The van der Waals surface area contributed by atoms with Gasteiger partial charge in [-0.3, -0.25) is 4.90 Å². The maximum Gasteiger partial charge on any atom is 0.120 e. The van der Waals surface area contributed by atoms with E-state index < -0.39 is 6.67 Å². The Morgan fingerprint density at radius 1 is 1.39 bits per heavy atom. The van der Waals surface area contributed by atoms with Crippen molar-refractivity contribution in [3.8, 4) is 5.75 Å². The third-order valence-electron chi connectivity index (χ3n) is 3.28. The minimum atomic E-state index is -0.462. The van der Waals surface area contributed by atoms with Crippen molar-refractivity contribution in [3.63, 3.8) is 0 Å². The second-order valence-corrected chi connectivity index (χ2v) is 4.52. The molecule has 1 heterocycles. The van der Waals surface area contributed by atoms with Crippen molar-refractivity contribution in [2.45, 2.75) is 13.0 Å². The van der Waals surface area contributed by atoms with E-state index in [2.05, 4.69) is 10.2 Å². The summed E-state index contributed by atoms with van der Waals surface area (Å²) >= 11 is 0. The van der Waals surface area contributed by atoms with Crippen LogP contribution < -0.4 is 5.32 Å². The van der Waals surface area contributed by atoms with Crippen LogP contribution in [0.2, 0.25) is 0 Å². The molecular weight excluding hydrogens is 255 g/mol. The number of phenolic OH excluding ortho intramolecular Hbond substituents is 1. The summed E-state index contributed by atoms with van der Waals surface area (Å²) in [5.74, 6) is 0.200. The van der Waals surface area contributed by atoms with Crippen LogP contribution in [0.1, 0.15) is 17.2 Å². The molecule has 0 saturated carbocycles. The minimum Gasteiger partial charge on any atom is -0.508 e. The van der Waals surface area contributed by atoms with Crippen molar-refractivity contribution in [1.29, 1.82) is 0 Å². The molecule has 5 heteroatoms. The molecule has 0 aromatic heterocycles. The van der Waals surface area contributed by atoms with Crippen LogP contribution in [0, 0.1) is 6.92 Å². The number of benzene rings is 1. The first-order valence-corrected chi connectivity index (χ1v) is 6.02. The van der Waals surface area contributed by atoms with Gasteiger partial charge in [-0.25, -0.2) is 4.39 Å². The van der Waals surface area contributed by atoms with E-state index in [-0.39, 0.29) is 24.2 Å². The fourth-order valence-electron chi connectivity index (χ4n) is 2.31. The largest absolute Gasteiger partial charge is 0.508 e. The molecule has 2 rings (SSSR count). The van der Waals surface area contributed by atoms with E-state index in [1.807, 2.05) is 19.1 Å². The quantitative estimate of drug-likeness (QED) is 0.885. The van der Waals surface area contributed by atoms with Gasteiger partial charge >= 0.3 is 0 Å². The maximum atomic E-state index is 13.2. The summed E-state index contributed by atoms with van der Waals surface area (Å²) in [5, 5.41) is 13.2. The lowest BCUT2D eigenvalue weighted by molar-refractivity contribution is 0.145. The summed E-state index contributed by atoms with van der Waals surface area (Å²) in [6.07, 6.45) is 0. The molecule has 2 N–H and O–H groups in total. The molecule has 0 amide bonds. The van der Waals surface area contributed by atoms with Gasteiger partial charge in [-0.1, -0.05) is 12.1 Å². The monoisotopic (exact) mass is 274 g/mol. The van der Waals surface area contributed by atoms with Gasteiger partial charge in [0.15, 0.2) is 0 Å². The number of nitrogens with one attached hydrogen (secondary N) is 1. The molecule has 1 fully saturated rings. The van der Waals surface area contributed by atoms with Gasteiger partial charge in [0.25, 0.3) is 0 Å². The number of rotatable bonds is 3. The Kier molecular flexibility index (Phi) is 5.85. The van der Waals surface area contributed by atoms with Gasteiger partial charge in [-0.15, -0.1) is 12.4 Å². The van der Waals surface area contributed by atoms with E-state index in [1.165, 1.54) is 0 Å². The molecule has 1 saturated heterocycles. The Hall–Kier alpha value is -0.840. The van der Waals surface area contributed by atoms with Gasteiger partial charge in [0, 0.05) is 31.7 Å². The van der Waals surface area contributed by atoms with Crippen LogP contribution in [0.4, 0.5) is 4.39 Å². The molecule has 0 radical (unpaired) electrons. The number of alkyl halides is 1. The maximum absolute atomic E-state index is 13.2. The van der Waals surface area contributed by atoms with Crippen LogP contribution in [-0.2, 0) is 0 Å². The first-order valence-electron chi connectivity index (χ1n) is 6.02. The van der Waals surface area contributed by atoms with Gasteiger partial charge in [0.1, 0.15) is 12.4 Å². The highest BCUT2D eigenvalue weighted by atomic mass is 35.5. The van der Waals surface area contributed by atoms with Crippen LogP contribution >= 0.6 is 12.4 Å². The van der Waals surface area contributed by atoms with E-state index in [9.17, 15) is 9.50 Å². The van der Waals surface area contributed by atoms with Gasteiger partial charge in [-0.2, -0.15) is 0 Å². The third-order valence-corrected chi connectivity index (χ3v) is 3.28. The Morgan fingerprint density at radius 3 is 2.61 bits per heavy atom. The number of aromatic hydroxyl groups is 1. The average Bonchev–Trinajstić information content (AvgIpc) is 2.34. The molecule has 102 valence electrons. The Bertz CT molecular complexity index is 383. The van der Waals surface area contributed by atoms with Crippen molar-refractivity contribution in [1.82, 2.24) is 10.2 Å². The first-order chi connectivity index (χ1) is 8.22. The number of piperazine rings is 1. The molecular formula is C13H20ClFN2O. The Morgan fingerprint density at radius 2 is 2.06 bits per heavy atom. The average molecular weight is 275 g/mol. The number of nitrogens with zero attached hydrogens (tertiary/aromatic N) is 1. The minimum absolute atomic E-state index is 0. The van der Waals surface area contributed by atoms with Crippen LogP contribution in [0.25, 0.3) is 0 Å². The summed E-state index contributed by atoms with van der Waals surface area (Å²) < 4.78 is 13.2. The third kappa shape index (κ3) is 3.34. The van der Waals surface area contributed by atoms with Crippen molar-refractivity contribution >= 4 is 12.4 Å². The number of hydrogen-bond donors (Lipinski definition) is 2. The van der Waals surface area contributed by atoms with Crippen LogP contribution in [-0.4, -0.2) is 42.9 Å². The van der Waals surface area contributed by atoms with Crippen molar-refractivity contribution in [2.24, 2.45) is 0 Å². The molecule has 0 unspecified atom stereocenters. The number of hydrogen-bond acceptors (Lipinski definition) is 3. The molecule has 0 aliphatic carbocycles. The van der Waals surface area contributed by atoms with E-state index in [0.29, 0.717) is 5.56 Å². The van der Waals surface area contributed by atoms with Gasteiger partial charge in [-0.05, 0) is 18.6 Å². The van der Waals surface area contributed by atoms with Gasteiger partial charge < -0.3 is 10.4 Å². The van der Waals surface area contributed by atoms with Crippen molar-refractivity contribution < 1.29 is 9.50 Å². The summed E-state index contributed by atoms with van der Waals surface area (Å²) in [7, 11) is 0. The summed E-state index contributed by atoms with van der Waals surface area (Å²) in [5.41, 5.74) is 1.68. The zero-order valence-electron chi connectivity index (χ0n) is 10.5. The highest BCUT2D eigenvalue weighted by Gasteiger charge is 2.24. The van der Waals surface area contributed by atoms with E-state index in [0.717, 1.165) is 31.7 Å². The molecule has 1 aromatic rings. The molecule has 18 heavy (non-hydrogen) atoms. The lowest BCUT2D eigenvalue weighted by Gasteiger charge is -2.33. The van der Waals surface area contributed by atoms with Crippen molar-refractivity contribution in [2.75, 3.05) is 32.9 Å². The number of halogens is 2. The summed E-state index contributed by atoms with van der Waals surface area (Å²) in [4.78, 5) is 2.08. The van der Waals surface area contributed by atoms with Gasteiger partial charge in [0.05, 0.1) is 6.04 Å². The normalized spacial score (nSPS) is 18.1. The Labute approximate surface area is 113 Å². The van der Waals surface area contributed by atoms with Crippen molar-refractivity contribution in [3.05, 3.63) is 29.3 Å². The van der Waals surface area contributed by atoms with Crippen LogP contribution in [0.5, 0.6) is 5.75 Å². The predicted octanol–water partition coefficient (Wildman–Crippen LogP) is 2.04. The topological polar surface area (TPSA) is 35.5 Å². The molecule has 1 aromatic carbocycles. The highest BCUT2D eigenvalue weighted by molar-refractivity contribution is 5.85. The predicted molar refractivity (Wildman–Crippen MR) is 73.3 cm³/mol. The lowest BCUT2D eigenvalue weighted by Crippen LogP contribution is -2.45. The van der Waals surface area contributed by atoms with E-state index in [4.69, 9.17) is 0 Å². The molecule has 1 aliphatic rings. The van der Waals surface area contributed by atoms with E-state index in [1.54, 1.807) is 6.07 Å². The zero-order chi connectivity index (χ0) is 12.3. The second-order valence-electron chi connectivity index (χ2n) is 4.52. The molecule has 0 spiro atoms. The molecule has 1 atom stereocenters. The standard InChI is InChI=1S/C13H19FN2O.ClH/c1-10-2-3-11(13(17)8-10)12(9-14)16-6-4-15-5-7-16;/h2-3,8,12,15,17H,4-7,9H2,1H3;1H/t12-;/m1./s1. The number of aryl methyl sites for hydroxylation is 1. The van der Waals surface area contributed by atoms with Crippen LogP contribution in [0.3, 0.4) is 0 Å². The fourth-order valence-corrected chi connectivity index (χ4v) is 2.31. The zero-order valence-corrected chi connectivity index (χ0v) is 11.3. The van der Waals surface area contributed by atoms with Crippen LogP contribution in [0.15, 0.2) is 18.2 Å². The lowest BCUT2D eigenvalue weighted by atomic mass is 10.0. The van der Waals surface area contributed by atoms with Gasteiger partial charge in [0.2, 0.25) is 0 Å².